The van der Waals surface area contributed by atoms with Crippen molar-refractivity contribution < 1.29 is 12.6 Å². The lowest BCUT2D eigenvalue weighted by Gasteiger charge is -2.11. The molecule has 0 atom stereocenters. The Morgan fingerprint density at radius 3 is 1.90 bits per heavy atom. The average Bonchev–Trinajstić information content (AvgIpc) is 2.74. The van der Waals surface area contributed by atoms with Crippen molar-refractivity contribution >= 4 is 31.7 Å². The maximum absolute atomic E-state index is 12.5. The molecule has 0 bridgehead atoms. The van der Waals surface area contributed by atoms with E-state index in [2.05, 4.69) is 19.1 Å². The van der Waals surface area contributed by atoms with Crippen molar-refractivity contribution in [1.29, 1.82) is 0 Å². The number of hydrogen-bond donors (Lipinski definition) is 0. The van der Waals surface area contributed by atoms with Crippen LogP contribution in [0.15, 0.2) is 54.6 Å². The smallest absolute Gasteiger partial charge is 0.309 e. The van der Waals surface area contributed by atoms with E-state index in [0.717, 1.165) is 34.4 Å². The zero-order valence-corrected chi connectivity index (χ0v) is 18.9. The van der Waals surface area contributed by atoms with Gasteiger partial charge in [0.25, 0.3) is 0 Å². The van der Waals surface area contributed by atoms with Crippen LogP contribution in [0.4, 0.5) is 0 Å². The van der Waals surface area contributed by atoms with Crippen LogP contribution in [-0.2, 0) is 10.1 Å². The first-order chi connectivity index (χ1) is 14.6. The minimum absolute atomic E-state index is 0.0769. The van der Waals surface area contributed by atoms with E-state index in [0.29, 0.717) is 12.2 Å². The topological polar surface area (TPSA) is 43.4 Å². The van der Waals surface area contributed by atoms with Crippen LogP contribution in [0.25, 0.3) is 21.5 Å². The molecule has 0 amide bonds. The van der Waals surface area contributed by atoms with Crippen LogP contribution in [0, 0.1) is 0 Å². The van der Waals surface area contributed by atoms with Crippen molar-refractivity contribution in [1.82, 2.24) is 0 Å². The molecule has 30 heavy (non-hydrogen) atoms. The Morgan fingerprint density at radius 1 is 0.667 bits per heavy atom. The Balaban J connectivity index is 1.49. The molecule has 0 fully saturated rings. The van der Waals surface area contributed by atoms with Gasteiger partial charge in [0.1, 0.15) is 5.75 Å². The van der Waals surface area contributed by atoms with Gasteiger partial charge in [-0.1, -0.05) is 101 Å². The quantitative estimate of drug-likeness (QED) is 0.160. The van der Waals surface area contributed by atoms with Crippen molar-refractivity contribution in [2.75, 3.05) is 5.75 Å². The predicted molar refractivity (Wildman–Crippen MR) is 128 cm³/mol. The van der Waals surface area contributed by atoms with Crippen LogP contribution in [-0.4, -0.2) is 14.2 Å². The number of benzene rings is 3. The van der Waals surface area contributed by atoms with Crippen molar-refractivity contribution in [2.24, 2.45) is 0 Å². The number of fused-ring (bicyclic) bond motifs is 2. The summed E-state index contributed by atoms with van der Waals surface area (Å²) < 4.78 is 30.6. The molecule has 0 saturated heterocycles. The van der Waals surface area contributed by atoms with Gasteiger partial charge in [0.05, 0.1) is 5.75 Å². The van der Waals surface area contributed by atoms with Crippen molar-refractivity contribution in [3.63, 3.8) is 0 Å². The molecule has 0 spiro atoms. The maximum Gasteiger partial charge on any atom is 0.309 e. The molecule has 0 aliphatic heterocycles. The molecule has 4 heteroatoms. The molecule has 0 radical (unpaired) electrons. The molecular weight excluding hydrogens is 392 g/mol. The Morgan fingerprint density at radius 2 is 1.23 bits per heavy atom. The molecule has 0 aliphatic carbocycles. The highest BCUT2D eigenvalue weighted by Gasteiger charge is 2.15. The first-order valence-electron chi connectivity index (χ1n) is 11.4. The Bertz CT molecular complexity index is 1040. The average molecular weight is 427 g/mol. The fourth-order valence-corrected chi connectivity index (χ4v) is 5.02. The SMILES string of the molecule is CCCCCCCCCCCCS(=O)(=O)Oc1cccc2cc3ccccc3cc12. The molecule has 0 aromatic heterocycles. The van der Waals surface area contributed by atoms with Crippen LogP contribution in [0.2, 0.25) is 0 Å². The fourth-order valence-electron chi connectivity index (χ4n) is 3.96. The largest absolute Gasteiger partial charge is 0.382 e. The third-order valence-electron chi connectivity index (χ3n) is 5.67. The zero-order chi connectivity index (χ0) is 21.2. The summed E-state index contributed by atoms with van der Waals surface area (Å²) in [5, 5.41) is 4.03. The summed E-state index contributed by atoms with van der Waals surface area (Å²) in [5.74, 6) is 0.498. The van der Waals surface area contributed by atoms with Crippen molar-refractivity contribution in [3.8, 4) is 5.75 Å². The highest BCUT2D eigenvalue weighted by Crippen LogP contribution is 2.31. The van der Waals surface area contributed by atoms with Gasteiger partial charge in [0.2, 0.25) is 0 Å². The lowest BCUT2D eigenvalue weighted by Crippen LogP contribution is -2.14. The second kappa shape index (κ2) is 11.4. The molecule has 0 N–H and O–H groups in total. The second-order valence-electron chi connectivity index (χ2n) is 8.20. The lowest BCUT2D eigenvalue weighted by atomic mass is 10.0. The van der Waals surface area contributed by atoms with Gasteiger partial charge in [-0.15, -0.1) is 0 Å². The van der Waals surface area contributed by atoms with Gasteiger partial charge in [0, 0.05) is 5.39 Å². The van der Waals surface area contributed by atoms with E-state index >= 15 is 0 Å². The van der Waals surface area contributed by atoms with Crippen LogP contribution >= 0.6 is 0 Å². The summed E-state index contributed by atoms with van der Waals surface area (Å²) in [7, 11) is -3.59. The van der Waals surface area contributed by atoms with Crippen LogP contribution in [0.5, 0.6) is 5.75 Å². The van der Waals surface area contributed by atoms with Gasteiger partial charge >= 0.3 is 10.1 Å². The molecule has 3 nitrogen and oxygen atoms in total. The minimum Gasteiger partial charge on any atom is -0.382 e. The predicted octanol–water partition coefficient (Wildman–Crippen LogP) is 7.62. The third kappa shape index (κ3) is 6.73. The van der Waals surface area contributed by atoms with Crippen LogP contribution in [0.1, 0.15) is 71.1 Å². The van der Waals surface area contributed by atoms with E-state index in [1.54, 1.807) is 6.07 Å². The summed E-state index contributed by atoms with van der Waals surface area (Å²) in [6, 6.07) is 17.8. The van der Waals surface area contributed by atoms with Gasteiger partial charge < -0.3 is 4.18 Å². The highest BCUT2D eigenvalue weighted by molar-refractivity contribution is 7.87. The third-order valence-corrected chi connectivity index (χ3v) is 6.89. The summed E-state index contributed by atoms with van der Waals surface area (Å²) in [5.41, 5.74) is 0. The van der Waals surface area contributed by atoms with E-state index in [4.69, 9.17) is 4.18 Å². The molecule has 3 aromatic rings. The normalized spacial score (nSPS) is 11.9. The van der Waals surface area contributed by atoms with Gasteiger partial charge in [0.15, 0.2) is 0 Å². The van der Waals surface area contributed by atoms with E-state index in [1.165, 1.54) is 44.9 Å². The van der Waals surface area contributed by atoms with Gasteiger partial charge in [-0.05, 0) is 40.8 Å². The zero-order valence-electron chi connectivity index (χ0n) is 18.1. The molecule has 0 aliphatic rings. The van der Waals surface area contributed by atoms with E-state index in [1.807, 2.05) is 36.4 Å². The monoisotopic (exact) mass is 426 g/mol. The Kier molecular flexibility index (Phi) is 8.56. The van der Waals surface area contributed by atoms with Gasteiger partial charge in [-0.2, -0.15) is 8.42 Å². The molecule has 3 aromatic carbocycles. The Labute approximate surface area is 181 Å². The number of rotatable bonds is 13. The second-order valence-corrected chi connectivity index (χ2v) is 9.89. The fraction of sp³-hybridized carbons (Fsp3) is 0.462. The summed E-state index contributed by atoms with van der Waals surface area (Å²) in [4.78, 5) is 0. The summed E-state index contributed by atoms with van der Waals surface area (Å²) in [6.45, 7) is 2.24. The highest BCUT2D eigenvalue weighted by atomic mass is 32.2. The molecule has 3 rings (SSSR count). The molecule has 0 heterocycles. The first-order valence-corrected chi connectivity index (χ1v) is 13.0. The standard InChI is InChI=1S/C26H34O3S/c1-2-3-4-5-6-7-8-9-10-13-19-30(27,28)29-26-18-14-17-24-20-22-15-11-12-16-23(22)21-25(24)26/h11-12,14-18,20-21H,2-10,13,19H2,1H3. The number of unbranched alkanes of at least 4 members (excludes halogenated alkanes) is 9. The van der Waals surface area contributed by atoms with E-state index in [9.17, 15) is 8.42 Å². The first kappa shape index (κ1) is 22.6. The number of hydrogen-bond acceptors (Lipinski definition) is 3. The molecule has 0 saturated carbocycles. The minimum atomic E-state index is -3.59. The van der Waals surface area contributed by atoms with Crippen molar-refractivity contribution in [3.05, 3.63) is 54.6 Å². The van der Waals surface area contributed by atoms with Crippen LogP contribution in [0.3, 0.4) is 0 Å². The molecule has 0 unspecified atom stereocenters. The van der Waals surface area contributed by atoms with Gasteiger partial charge in [-0.3, -0.25) is 0 Å². The Hall–Kier alpha value is -2.07. The van der Waals surface area contributed by atoms with E-state index in [-0.39, 0.29) is 5.75 Å². The summed E-state index contributed by atoms with van der Waals surface area (Å²) in [6.07, 6.45) is 11.8. The molecule has 162 valence electrons. The molecular formula is C26H34O3S. The lowest BCUT2D eigenvalue weighted by molar-refractivity contribution is 0.484. The van der Waals surface area contributed by atoms with Crippen LogP contribution < -0.4 is 4.18 Å². The van der Waals surface area contributed by atoms with E-state index < -0.39 is 10.1 Å². The maximum atomic E-state index is 12.5. The summed E-state index contributed by atoms with van der Waals surface area (Å²) >= 11 is 0. The van der Waals surface area contributed by atoms with Crippen molar-refractivity contribution in [2.45, 2.75) is 71.1 Å². The van der Waals surface area contributed by atoms with Gasteiger partial charge in [-0.25, -0.2) is 0 Å².